The average Bonchev–Trinajstić information content (AvgIpc) is 2.62. The Labute approximate surface area is 177 Å². The average molecular weight is 417 g/mol. The summed E-state index contributed by atoms with van der Waals surface area (Å²) in [4.78, 5) is 27.4. The summed E-state index contributed by atoms with van der Waals surface area (Å²) in [7, 11) is 0. The summed E-state index contributed by atoms with van der Waals surface area (Å²) in [6.07, 6.45) is -0.291. The molecule has 0 saturated carbocycles. The number of amides is 2. The van der Waals surface area contributed by atoms with Gasteiger partial charge in [0, 0.05) is 18.5 Å². The van der Waals surface area contributed by atoms with E-state index < -0.39 is 17.6 Å². The quantitative estimate of drug-likeness (QED) is 0.784. The van der Waals surface area contributed by atoms with Gasteiger partial charge in [0.1, 0.15) is 29.8 Å². The Morgan fingerprint density at radius 2 is 1.90 bits per heavy atom. The van der Waals surface area contributed by atoms with Crippen LogP contribution in [-0.2, 0) is 9.53 Å². The topological polar surface area (TPSA) is 109 Å². The van der Waals surface area contributed by atoms with Crippen LogP contribution >= 0.6 is 0 Å². The summed E-state index contributed by atoms with van der Waals surface area (Å²) in [6.45, 7) is 12.9. The minimum Gasteiger partial charge on any atom is -0.484 e. The van der Waals surface area contributed by atoms with Gasteiger partial charge in [-0.2, -0.15) is 0 Å². The molecule has 0 spiro atoms. The Hall–Kier alpha value is -2.77. The first kappa shape index (κ1) is 21.9. The standard InChI is InChI=1S/C22H32N4O4/c1-13(22(6)11-25(12-22)20(28)30-21(3,4)5)15-7-8-17-16(9-15)26(14(2)19(24)27)18(23)10-29-17/h7-9,13-14,23H,10-12H2,1-6H3,(H2,24,27)/t13-,14+/m0/s1. The third-order valence-corrected chi connectivity index (χ3v) is 6.00. The molecule has 3 N–H and O–H groups in total. The first-order chi connectivity index (χ1) is 13.8. The fourth-order valence-electron chi connectivity index (χ4n) is 4.00. The molecule has 8 nitrogen and oxygen atoms in total. The third-order valence-electron chi connectivity index (χ3n) is 6.00. The van der Waals surface area contributed by atoms with E-state index in [9.17, 15) is 9.59 Å². The first-order valence-electron chi connectivity index (χ1n) is 10.2. The molecule has 0 bridgehead atoms. The van der Waals surface area contributed by atoms with Crippen LogP contribution in [0.1, 0.15) is 53.0 Å². The van der Waals surface area contributed by atoms with Crippen molar-refractivity contribution in [2.24, 2.45) is 11.1 Å². The summed E-state index contributed by atoms with van der Waals surface area (Å²) >= 11 is 0. The van der Waals surface area contributed by atoms with Crippen LogP contribution in [0.15, 0.2) is 18.2 Å². The van der Waals surface area contributed by atoms with E-state index in [4.69, 9.17) is 20.6 Å². The lowest BCUT2D eigenvalue weighted by Crippen LogP contribution is -2.59. The maximum atomic E-state index is 12.3. The van der Waals surface area contributed by atoms with Crippen molar-refractivity contribution in [2.75, 3.05) is 24.6 Å². The second kappa shape index (κ2) is 7.49. The molecule has 3 rings (SSSR count). The molecule has 1 fully saturated rings. The van der Waals surface area contributed by atoms with E-state index in [0.717, 1.165) is 5.56 Å². The van der Waals surface area contributed by atoms with Crippen LogP contribution in [0.3, 0.4) is 0 Å². The Bertz CT molecular complexity index is 870. The van der Waals surface area contributed by atoms with Crippen molar-refractivity contribution in [3.8, 4) is 5.75 Å². The number of rotatable bonds is 4. The second-order valence-corrected chi connectivity index (χ2v) is 9.62. The molecular formula is C22H32N4O4. The molecule has 2 amide bonds. The number of hydrogen-bond donors (Lipinski definition) is 2. The minimum atomic E-state index is -0.646. The van der Waals surface area contributed by atoms with Gasteiger partial charge in [-0.3, -0.25) is 10.2 Å². The minimum absolute atomic E-state index is 0.0993. The highest BCUT2D eigenvalue weighted by atomic mass is 16.6. The van der Waals surface area contributed by atoms with Gasteiger partial charge in [-0.05, 0) is 51.3 Å². The van der Waals surface area contributed by atoms with Crippen LogP contribution in [0.2, 0.25) is 0 Å². The van der Waals surface area contributed by atoms with Gasteiger partial charge < -0.3 is 25.0 Å². The van der Waals surface area contributed by atoms with Crippen molar-refractivity contribution in [1.29, 1.82) is 5.41 Å². The number of ether oxygens (including phenoxy) is 2. The number of primary amides is 1. The molecule has 2 atom stereocenters. The van der Waals surface area contributed by atoms with Crippen molar-refractivity contribution < 1.29 is 19.1 Å². The number of hydrogen-bond acceptors (Lipinski definition) is 5. The number of anilines is 1. The first-order valence-corrected chi connectivity index (χ1v) is 10.2. The molecule has 0 radical (unpaired) electrons. The SMILES string of the molecule is C[C@H](C(N)=O)N1C(=N)COc2ccc([C@H](C)C3(C)CN(C(=O)OC(C)(C)C)C3)cc21. The molecule has 2 aliphatic rings. The van der Waals surface area contributed by atoms with Gasteiger partial charge in [-0.1, -0.05) is 19.9 Å². The van der Waals surface area contributed by atoms with Crippen LogP contribution in [0.25, 0.3) is 0 Å². The van der Waals surface area contributed by atoms with Crippen LogP contribution in [0.4, 0.5) is 10.5 Å². The van der Waals surface area contributed by atoms with Crippen molar-refractivity contribution in [1.82, 2.24) is 4.90 Å². The van der Waals surface area contributed by atoms with E-state index >= 15 is 0 Å². The van der Waals surface area contributed by atoms with E-state index in [1.807, 2.05) is 39.0 Å². The van der Waals surface area contributed by atoms with Crippen LogP contribution in [0, 0.1) is 10.8 Å². The number of fused-ring (bicyclic) bond motifs is 1. The number of benzene rings is 1. The number of carbonyl (C=O) groups excluding carboxylic acids is 2. The largest absolute Gasteiger partial charge is 0.484 e. The number of likely N-dealkylation sites (tertiary alicyclic amines) is 1. The second-order valence-electron chi connectivity index (χ2n) is 9.62. The van der Waals surface area contributed by atoms with E-state index in [1.165, 1.54) is 0 Å². The Morgan fingerprint density at radius 3 is 2.47 bits per heavy atom. The Kier molecular flexibility index (Phi) is 5.47. The summed E-state index contributed by atoms with van der Waals surface area (Å²) in [5, 5.41) is 8.23. The summed E-state index contributed by atoms with van der Waals surface area (Å²) in [5.41, 5.74) is 6.62. The zero-order chi connectivity index (χ0) is 22.4. The van der Waals surface area contributed by atoms with E-state index in [2.05, 4.69) is 13.8 Å². The number of nitrogens with one attached hydrogen (secondary N) is 1. The number of nitrogens with two attached hydrogens (primary N) is 1. The number of carbonyl (C=O) groups is 2. The smallest absolute Gasteiger partial charge is 0.410 e. The van der Waals surface area contributed by atoms with Gasteiger partial charge >= 0.3 is 6.09 Å². The van der Waals surface area contributed by atoms with Gasteiger partial charge in [0.05, 0.1) is 5.69 Å². The molecular weight excluding hydrogens is 384 g/mol. The van der Waals surface area contributed by atoms with Gasteiger partial charge in [-0.25, -0.2) is 4.79 Å². The third kappa shape index (κ3) is 4.08. The molecule has 30 heavy (non-hydrogen) atoms. The number of nitrogens with zero attached hydrogens (tertiary/aromatic N) is 2. The Balaban J connectivity index is 1.80. The number of amidine groups is 1. The lowest BCUT2D eigenvalue weighted by atomic mass is 9.69. The summed E-state index contributed by atoms with van der Waals surface area (Å²) in [6, 6.07) is 5.20. The molecule has 0 unspecified atom stereocenters. The molecule has 2 aliphatic heterocycles. The molecule has 1 aromatic carbocycles. The fraction of sp³-hybridized carbons (Fsp3) is 0.591. The highest BCUT2D eigenvalue weighted by Gasteiger charge is 2.47. The fourth-order valence-corrected chi connectivity index (χ4v) is 4.00. The predicted molar refractivity (Wildman–Crippen MR) is 115 cm³/mol. The lowest BCUT2D eigenvalue weighted by Gasteiger charge is -2.51. The van der Waals surface area contributed by atoms with Gasteiger partial charge in [0.15, 0.2) is 0 Å². The molecule has 8 heteroatoms. The maximum absolute atomic E-state index is 12.3. The normalized spacial score (nSPS) is 19.9. The van der Waals surface area contributed by atoms with Gasteiger partial charge in [-0.15, -0.1) is 0 Å². The highest BCUT2D eigenvalue weighted by molar-refractivity contribution is 6.04. The zero-order valence-electron chi connectivity index (χ0n) is 18.6. The highest BCUT2D eigenvalue weighted by Crippen LogP contribution is 2.46. The molecule has 164 valence electrons. The predicted octanol–water partition coefficient (Wildman–Crippen LogP) is 3.10. The molecule has 0 aliphatic carbocycles. The maximum Gasteiger partial charge on any atom is 0.410 e. The summed E-state index contributed by atoms with van der Waals surface area (Å²) < 4.78 is 11.1. The summed E-state index contributed by atoms with van der Waals surface area (Å²) in [5.74, 6) is 0.474. The van der Waals surface area contributed by atoms with Crippen LogP contribution in [0.5, 0.6) is 5.75 Å². The van der Waals surface area contributed by atoms with Crippen molar-refractivity contribution >= 4 is 23.5 Å². The van der Waals surface area contributed by atoms with Gasteiger partial charge in [0.25, 0.3) is 0 Å². The van der Waals surface area contributed by atoms with E-state index in [0.29, 0.717) is 24.5 Å². The molecule has 1 saturated heterocycles. The van der Waals surface area contributed by atoms with Crippen molar-refractivity contribution in [3.63, 3.8) is 0 Å². The van der Waals surface area contributed by atoms with Gasteiger partial charge in [0.2, 0.25) is 5.91 Å². The van der Waals surface area contributed by atoms with Crippen LogP contribution < -0.4 is 15.4 Å². The van der Waals surface area contributed by atoms with Crippen molar-refractivity contribution in [3.05, 3.63) is 23.8 Å². The van der Waals surface area contributed by atoms with Crippen molar-refractivity contribution in [2.45, 2.75) is 59.1 Å². The molecule has 2 heterocycles. The molecule has 1 aromatic rings. The van der Waals surface area contributed by atoms with E-state index in [1.54, 1.807) is 16.7 Å². The lowest BCUT2D eigenvalue weighted by molar-refractivity contribution is -0.118. The Morgan fingerprint density at radius 1 is 1.27 bits per heavy atom. The monoisotopic (exact) mass is 416 g/mol. The molecule has 0 aromatic heterocycles. The van der Waals surface area contributed by atoms with Crippen LogP contribution in [-0.4, -0.2) is 54.1 Å². The zero-order valence-corrected chi connectivity index (χ0v) is 18.6. The van der Waals surface area contributed by atoms with E-state index in [-0.39, 0.29) is 29.9 Å².